The van der Waals surface area contributed by atoms with Crippen LogP contribution in [-0.2, 0) is 0 Å². The summed E-state index contributed by atoms with van der Waals surface area (Å²) in [7, 11) is 0.982. The summed E-state index contributed by atoms with van der Waals surface area (Å²) in [5.74, 6) is -6.34. The van der Waals surface area contributed by atoms with Gasteiger partial charge in [0, 0.05) is 11.9 Å². The summed E-state index contributed by atoms with van der Waals surface area (Å²) in [5.41, 5.74) is -6.91. The predicted octanol–water partition coefficient (Wildman–Crippen LogP) is 4.90. The molecule has 0 aliphatic carbocycles. The van der Waals surface area contributed by atoms with Crippen LogP contribution in [0.15, 0.2) is 35.2 Å². The number of alkyl halides is 3. The Kier molecular flexibility index (Phi) is 6.80. The third-order valence-corrected chi connectivity index (χ3v) is 4.46. The number of Topliss-reactive ketones (excluding diaryl/α,β-unsaturated/α-hetero) is 1. The van der Waals surface area contributed by atoms with Crippen LogP contribution >= 0.6 is 11.8 Å². The molecular formula is C18H12F6N2O3S. The van der Waals surface area contributed by atoms with E-state index in [0.29, 0.717) is 17.0 Å². The predicted molar refractivity (Wildman–Crippen MR) is 95.9 cm³/mol. The molecule has 0 aliphatic heterocycles. The van der Waals surface area contributed by atoms with Gasteiger partial charge in [0.05, 0.1) is 11.3 Å². The van der Waals surface area contributed by atoms with Gasteiger partial charge < -0.3 is 0 Å². The molecule has 0 aliphatic rings. The number of carbonyl (C=O) groups is 3. The lowest BCUT2D eigenvalue weighted by Crippen LogP contribution is -2.42. The van der Waals surface area contributed by atoms with Gasteiger partial charge in [0.1, 0.15) is 23.0 Å². The molecule has 30 heavy (non-hydrogen) atoms. The van der Waals surface area contributed by atoms with Crippen molar-refractivity contribution >= 4 is 35.2 Å². The molecule has 0 unspecified atom stereocenters. The van der Waals surface area contributed by atoms with Crippen LogP contribution in [0.5, 0.6) is 0 Å². The number of anilines is 1. The zero-order valence-electron chi connectivity index (χ0n) is 15.2. The Morgan fingerprint density at radius 3 is 2.17 bits per heavy atom. The molecule has 0 aromatic heterocycles. The lowest BCUT2D eigenvalue weighted by molar-refractivity contribution is -0.0328. The Hall–Kier alpha value is -3.02. The zero-order valence-corrected chi connectivity index (χ0v) is 16.1. The van der Waals surface area contributed by atoms with Crippen LogP contribution in [0.25, 0.3) is 0 Å². The minimum Gasteiger partial charge on any atom is -0.294 e. The van der Waals surface area contributed by atoms with E-state index in [1.54, 1.807) is 5.32 Å². The lowest BCUT2D eigenvalue weighted by atomic mass is 10.1. The van der Waals surface area contributed by atoms with Gasteiger partial charge in [-0.3, -0.25) is 19.8 Å². The number of halogens is 6. The van der Waals surface area contributed by atoms with Crippen molar-refractivity contribution in [2.24, 2.45) is 0 Å². The highest BCUT2D eigenvalue weighted by atomic mass is 32.2. The Morgan fingerprint density at radius 1 is 1.00 bits per heavy atom. The highest BCUT2D eigenvalue weighted by molar-refractivity contribution is 8.00. The number of nitrogens with zero attached hydrogens (tertiary/aromatic N) is 1. The number of ketones is 1. The first kappa shape index (κ1) is 23.3. The Bertz CT molecular complexity index is 1030. The summed E-state index contributed by atoms with van der Waals surface area (Å²) >= 11 is -0.566. The van der Waals surface area contributed by atoms with Crippen LogP contribution in [0.1, 0.15) is 27.6 Å². The maximum Gasteiger partial charge on any atom is 0.446 e. The second-order valence-corrected chi connectivity index (χ2v) is 6.96. The largest absolute Gasteiger partial charge is 0.446 e. The molecule has 0 heterocycles. The van der Waals surface area contributed by atoms with Crippen molar-refractivity contribution in [2.45, 2.75) is 17.3 Å². The fourth-order valence-corrected chi connectivity index (χ4v) is 2.91. The quantitative estimate of drug-likeness (QED) is 0.409. The number of amides is 3. The van der Waals surface area contributed by atoms with E-state index in [1.165, 1.54) is 0 Å². The van der Waals surface area contributed by atoms with Crippen LogP contribution in [-0.4, -0.2) is 30.3 Å². The van der Waals surface area contributed by atoms with Crippen LogP contribution in [0.3, 0.4) is 0 Å². The molecule has 12 heteroatoms. The number of thioether (sulfide) groups is 1. The van der Waals surface area contributed by atoms with E-state index in [2.05, 4.69) is 0 Å². The third kappa shape index (κ3) is 5.32. The second-order valence-electron chi connectivity index (χ2n) is 5.82. The molecule has 1 N–H and O–H groups in total. The van der Waals surface area contributed by atoms with Gasteiger partial charge >= 0.3 is 11.5 Å². The van der Waals surface area contributed by atoms with Crippen molar-refractivity contribution in [2.75, 3.05) is 11.9 Å². The SMILES string of the molecule is CC(=O)c1ccc(F)c(C(=O)NC(=O)N(C)c2ccc(SC(F)(F)F)cc2F)c1F. The summed E-state index contributed by atoms with van der Waals surface area (Å²) < 4.78 is 79.3. The van der Waals surface area contributed by atoms with Gasteiger partial charge in [-0.15, -0.1) is 0 Å². The van der Waals surface area contributed by atoms with Gasteiger partial charge in [-0.05, 0) is 49.0 Å². The molecule has 0 atom stereocenters. The number of hydrogen-bond acceptors (Lipinski definition) is 4. The minimum atomic E-state index is -4.65. The van der Waals surface area contributed by atoms with Crippen LogP contribution in [0, 0.1) is 17.5 Å². The van der Waals surface area contributed by atoms with Gasteiger partial charge in [0.25, 0.3) is 5.91 Å². The molecule has 3 amide bonds. The normalized spacial score (nSPS) is 11.2. The molecule has 0 fully saturated rings. The Morgan fingerprint density at radius 2 is 1.63 bits per heavy atom. The summed E-state index contributed by atoms with van der Waals surface area (Å²) in [6.45, 7) is 0.987. The van der Waals surface area contributed by atoms with Crippen molar-refractivity contribution in [3.63, 3.8) is 0 Å². The van der Waals surface area contributed by atoms with Gasteiger partial charge in [-0.2, -0.15) is 13.2 Å². The molecule has 2 rings (SSSR count). The number of imide groups is 1. The van der Waals surface area contributed by atoms with Crippen LogP contribution in [0.2, 0.25) is 0 Å². The second kappa shape index (κ2) is 8.78. The molecule has 5 nitrogen and oxygen atoms in total. The first-order chi connectivity index (χ1) is 13.8. The fraction of sp³-hybridized carbons (Fsp3) is 0.167. The van der Waals surface area contributed by atoms with E-state index >= 15 is 0 Å². The van der Waals surface area contributed by atoms with Crippen molar-refractivity contribution < 1.29 is 40.7 Å². The topological polar surface area (TPSA) is 66.5 Å². The molecule has 0 saturated carbocycles. The fourth-order valence-electron chi connectivity index (χ4n) is 2.34. The summed E-state index contributed by atoms with van der Waals surface area (Å²) in [6, 6.07) is 2.48. The van der Waals surface area contributed by atoms with Crippen molar-refractivity contribution in [1.29, 1.82) is 0 Å². The lowest BCUT2D eigenvalue weighted by Gasteiger charge is -2.19. The molecule has 0 spiro atoms. The number of rotatable bonds is 4. The molecule has 160 valence electrons. The molecule has 2 aromatic carbocycles. The van der Waals surface area contributed by atoms with E-state index in [0.717, 1.165) is 32.2 Å². The van der Waals surface area contributed by atoms with E-state index < -0.39 is 74.2 Å². The van der Waals surface area contributed by atoms with Crippen LogP contribution < -0.4 is 10.2 Å². The minimum absolute atomic E-state index is 0.473. The van der Waals surface area contributed by atoms with Gasteiger partial charge in [-0.1, -0.05) is 0 Å². The van der Waals surface area contributed by atoms with Gasteiger partial charge in [-0.25, -0.2) is 18.0 Å². The highest BCUT2D eigenvalue weighted by Crippen LogP contribution is 2.38. The number of benzene rings is 2. The van der Waals surface area contributed by atoms with Crippen molar-refractivity contribution in [3.8, 4) is 0 Å². The van der Waals surface area contributed by atoms with Gasteiger partial charge in [0.2, 0.25) is 0 Å². The van der Waals surface area contributed by atoms with Crippen molar-refractivity contribution in [1.82, 2.24) is 5.32 Å². The van der Waals surface area contributed by atoms with Crippen molar-refractivity contribution in [3.05, 3.63) is 58.9 Å². The van der Waals surface area contributed by atoms with E-state index in [1.807, 2.05) is 0 Å². The maximum absolute atomic E-state index is 14.3. The monoisotopic (exact) mass is 450 g/mol. The Labute approximate surface area is 170 Å². The summed E-state index contributed by atoms with van der Waals surface area (Å²) in [5, 5.41) is 1.63. The first-order valence-electron chi connectivity index (χ1n) is 7.95. The van der Waals surface area contributed by atoms with Gasteiger partial charge in [0.15, 0.2) is 5.78 Å². The van der Waals surface area contributed by atoms with E-state index in [4.69, 9.17) is 0 Å². The average Bonchev–Trinajstić information content (AvgIpc) is 2.59. The molecule has 0 radical (unpaired) electrons. The zero-order chi connectivity index (χ0) is 22.8. The molecular weight excluding hydrogens is 438 g/mol. The summed E-state index contributed by atoms with van der Waals surface area (Å²) in [6.07, 6.45) is 0. The van der Waals surface area contributed by atoms with E-state index in [-0.39, 0.29) is 0 Å². The smallest absolute Gasteiger partial charge is 0.294 e. The molecule has 2 aromatic rings. The average molecular weight is 450 g/mol. The van der Waals surface area contributed by atoms with Crippen LogP contribution in [0.4, 0.5) is 36.8 Å². The molecule has 0 bridgehead atoms. The summed E-state index contributed by atoms with van der Waals surface area (Å²) in [4.78, 5) is 35.7. The number of urea groups is 1. The van der Waals surface area contributed by atoms with E-state index in [9.17, 15) is 40.7 Å². The molecule has 0 saturated heterocycles. The number of hydrogen-bond donors (Lipinski definition) is 1. The third-order valence-electron chi connectivity index (χ3n) is 3.74. The maximum atomic E-state index is 14.3. The first-order valence-corrected chi connectivity index (χ1v) is 8.76. The highest BCUT2D eigenvalue weighted by Gasteiger charge is 2.30. The number of carbonyl (C=O) groups excluding carboxylic acids is 3. The standard InChI is InChI=1S/C18H12F6N2O3S/c1-8(27)10-4-5-11(19)14(15(10)21)16(28)25-17(29)26(2)13-6-3-9(7-12(13)20)30-18(22,23)24/h3-7H,1-2H3,(H,25,28,29). The Balaban J connectivity index is 2.23. The number of nitrogens with one attached hydrogen (secondary N) is 1.